The summed E-state index contributed by atoms with van der Waals surface area (Å²) < 4.78 is 0. The van der Waals surface area contributed by atoms with Crippen LogP contribution in [0.25, 0.3) is 0 Å². The van der Waals surface area contributed by atoms with Crippen LogP contribution in [-0.4, -0.2) is 29.6 Å². The Hall–Kier alpha value is 0.220. The molecule has 176 valence electrons. The van der Waals surface area contributed by atoms with Crippen molar-refractivity contribution in [2.24, 2.45) is 0 Å². The second-order valence-corrected chi connectivity index (χ2v) is 9.66. The van der Waals surface area contributed by atoms with Gasteiger partial charge in [-0.25, -0.2) is 0 Å². The molecule has 0 radical (unpaired) electrons. The Balaban J connectivity index is 0.00000900. The maximum atomic E-state index is 2.30. The number of hydrogen-bond acceptors (Lipinski definition) is 0. The molecule has 0 saturated heterocycles. The Morgan fingerprint density at radius 3 is 1.00 bits per heavy atom. The Morgan fingerprint density at radius 2 is 0.677 bits per heavy atom. The van der Waals surface area contributed by atoms with Crippen molar-refractivity contribution in [2.75, 3.05) is 0 Å². The van der Waals surface area contributed by atoms with E-state index in [2.05, 4.69) is 37.3 Å². The zero-order valence-electron chi connectivity index (χ0n) is 20.7. The van der Waals surface area contributed by atoms with Gasteiger partial charge in [-0.05, 0) is 18.4 Å². The summed E-state index contributed by atoms with van der Waals surface area (Å²) in [7, 11) is 0. The molecule has 0 amide bonds. The summed E-state index contributed by atoms with van der Waals surface area (Å²) in [5.74, 6) is 0. The van der Waals surface area contributed by atoms with E-state index in [1.165, 1.54) is 153 Å². The van der Waals surface area contributed by atoms with E-state index in [9.17, 15) is 0 Å². The molecule has 31 heavy (non-hydrogen) atoms. The van der Waals surface area contributed by atoms with Crippen LogP contribution < -0.4 is 0 Å². The number of unbranched alkanes of at least 4 members (excludes halogenated alkanes) is 21. The van der Waals surface area contributed by atoms with Gasteiger partial charge in [0.05, 0.1) is 0 Å². The molecule has 0 atom stereocenters. The Bertz CT molecular complexity index is 427. The van der Waals surface area contributed by atoms with Gasteiger partial charge in [-0.15, -0.1) is 0 Å². The van der Waals surface area contributed by atoms with Crippen LogP contribution in [0.15, 0.2) is 30.3 Å². The van der Waals surface area contributed by atoms with Gasteiger partial charge in [-0.3, -0.25) is 0 Å². The van der Waals surface area contributed by atoms with E-state index in [-0.39, 0.29) is 29.6 Å². The van der Waals surface area contributed by atoms with Crippen LogP contribution in [0, 0.1) is 0 Å². The van der Waals surface area contributed by atoms with Gasteiger partial charge >= 0.3 is 29.6 Å². The first kappa shape index (κ1) is 31.2. The van der Waals surface area contributed by atoms with E-state index in [1.807, 2.05) is 0 Å². The van der Waals surface area contributed by atoms with Gasteiger partial charge in [0.25, 0.3) is 0 Å². The third-order valence-electron chi connectivity index (χ3n) is 6.66. The van der Waals surface area contributed by atoms with Crippen molar-refractivity contribution in [1.82, 2.24) is 0 Å². The summed E-state index contributed by atoms with van der Waals surface area (Å²) in [6.07, 6.45) is 33.4. The van der Waals surface area contributed by atoms with Crippen molar-refractivity contribution in [2.45, 2.75) is 155 Å². The number of benzene rings is 1. The van der Waals surface area contributed by atoms with E-state index in [0.29, 0.717) is 0 Å². The van der Waals surface area contributed by atoms with Gasteiger partial charge in [0.15, 0.2) is 0 Å². The SMILES string of the molecule is CCCCCCCCCCCCCCCCCCCCCCCCc1ccccc1.[NaH]. The molecule has 0 aliphatic rings. The summed E-state index contributed by atoms with van der Waals surface area (Å²) in [5.41, 5.74) is 1.51. The molecule has 0 heterocycles. The summed E-state index contributed by atoms with van der Waals surface area (Å²) in [5, 5.41) is 0. The molecule has 1 heteroatoms. The van der Waals surface area contributed by atoms with Crippen molar-refractivity contribution in [3.05, 3.63) is 35.9 Å². The number of hydrogen-bond donors (Lipinski definition) is 0. The van der Waals surface area contributed by atoms with Gasteiger partial charge < -0.3 is 0 Å². The van der Waals surface area contributed by atoms with Gasteiger partial charge in [0.1, 0.15) is 0 Å². The van der Waals surface area contributed by atoms with Gasteiger partial charge in [0.2, 0.25) is 0 Å². The maximum absolute atomic E-state index is 2.30. The fourth-order valence-corrected chi connectivity index (χ4v) is 4.58. The molecule has 0 aromatic heterocycles. The first-order valence-corrected chi connectivity index (χ1v) is 14.0. The van der Waals surface area contributed by atoms with Crippen LogP contribution >= 0.6 is 0 Å². The van der Waals surface area contributed by atoms with Gasteiger partial charge in [-0.2, -0.15) is 0 Å². The number of aryl methyl sites for hydroxylation is 1. The molecule has 0 aliphatic carbocycles. The molecule has 1 aromatic carbocycles. The van der Waals surface area contributed by atoms with E-state index in [1.54, 1.807) is 0 Å². The first-order valence-electron chi connectivity index (χ1n) is 14.0. The van der Waals surface area contributed by atoms with Crippen molar-refractivity contribution >= 4 is 29.6 Å². The predicted octanol–water partition coefficient (Wildman–Crippen LogP) is 10.2. The Kier molecular flexibility index (Phi) is 26.7. The summed E-state index contributed by atoms with van der Waals surface area (Å²) >= 11 is 0. The van der Waals surface area contributed by atoms with E-state index < -0.39 is 0 Å². The monoisotopic (exact) mass is 438 g/mol. The second kappa shape index (κ2) is 26.5. The molecular weight excluding hydrogens is 383 g/mol. The minimum atomic E-state index is 0. The fourth-order valence-electron chi connectivity index (χ4n) is 4.58. The Morgan fingerprint density at radius 1 is 0.387 bits per heavy atom. The van der Waals surface area contributed by atoms with Crippen LogP contribution in [0.4, 0.5) is 0 Å². The van der Waals surface area contributed by atoms with Crippen molar-refractivity contribution in [3.8, 4) is 0 Å². The van der Waals surface area contributed by atoms with Crippen molar-refractivity contribution in [3.63, 3.8) is 0 Å². The minimum absolute atomic E-state index is 0. The van der Waals surface area contributed by atoms with Crippen molar-refractivity contribution < 1.29 is 0 Å². The van der Waals surface area contributed by atoms with E-state index >= 15 is 0 Å². The van der Waals surface area contributed by atoms with Gasteiger partial charge in [-0.1, -0.05) is 172 Å². The molecule has 0 spiro atoms. The molecule has 1 aromatic rings. The zero-order valence-corrected chi connectivity index (χ0v) is 20.7. The van der Waals surface area contributed by atoms with E-state index in [0.717, 1.165) is 0 Å². The molecular formula is C30H55Na. The Labute approximate surface area is 219 Å². The fraction of sp³-hybridized carbons (Fsp3) is 0.800. The van der Waals surface area contributed by atoms with E-state index in [4.69, 9.17) is 0 Å². The molecule has 0 fully saturated rings. The van der Waals surface area contributed by atoms with Crippen LogP contribution in [0.3, 0.4) is 0 Å². The normalized spacial score (nSPS) is 10.9. The molecule has 0 unspecified atom stereocenters. The summed E-state index contributed by atoms with van der Waals surface area (Å²) in [6.45, 7) is 2.30. The number of rotatable bonds is 23. The average Bonchev–Trinajstić information content (AvgIpc) is 2.78. The summed E-state index contributed by atoms with van der Waals surface area (Å²) in [4.78, 5) is 0. The molecule has 0 saturated carbocycles. The predicted molar refractivity (Wildman–Crippen MR) is 145 cm³/mol. The molecule has 0 bridgehead atoms. The molecule has 1 rings (SSSR count). The third-order valence-corrected chi connectivity index (χ3v) is 6.66. The second-order valence-electron chi connectivity index (χ2n) is 9.66. The van der Waals surface area contributed by atoms with Crippen molar-refractivity contribution in [1.29, 1.82) is 0 Å². The zero-order chi connectivity index (χ0) is 21.4. The first-order chi connectivity index (χ1) is 14.9. The standard InChI is InChI=1S/C30H54.Na.H/c1-2-3-4-5-6-7-8-9-10-11-12-13-14-15-16-17-18-19-20-21-22-24-27-30-28-25-23-26-29-30;;/h23,25-26,28-29H,2-22,24,27H2,1H3;;. The molecule has 0 nitrogen and oxygen atoms in total. The van der Waals surface area contributed by atoms with Crippen LogP contribution in [-0.2, 0) is 6.42 Å². The van der Waals surface area contributed by atoms with Crippen LogP contribution in [0.2, 0.25) is 0 Å². The third kappa shape index (κ3) is 23.2. The quantitative estimate of drug-likeness (QED) is 0.118. The molecule has 0 aliphatic heterocycles. The summed E-state index contributed by atoms with van der Waals surface area (Å²) in [6, 6.07) is 11.0. The van der Waals surface area contributed by atoms with Crippen LogP contribution in [0.1, 0.15) is 154 Å². The average molecular weight is 439 g/mol. The molecule has 0 N–H and O–H groups in total. The van der Waals surface area contributed by atoms with Crippen LogP contribution in [0.5, 0.6) is 0 Å². The topological polar surface area (TPSA) is 0 Å². The van der Waals surface area contributed by atoms with Gasteiger partial charge in [0, 0.05) is 0 Å².